The monoisotopic (exact) mass is 228 g/mol. The van der Waals surface area contributed by atoms with E-state index in [-0.39, 0.29) is 6.03 Å². The summed E-state index contributed by atoms with van der Waals surface area (Å²) in [6, 6.07) is 0.0732. The lowest BCUT2D eigenvalue weighted by Crippen LogP contribution is -2.51. The average Bonchev–Trinajstić information content (AvgIpc) is 2.30. The highest BCUT2D eigenvalue weighted by atomic mass is 16.2. The maximum absolute atomic E-state index is 11.5. The number of unbranched alkanes of at least 4 members (excludes halogenated alkanes) is 1. The number of hydrogen-bond acceptors (Lipinski definition) is 3. The van der Waals surface area contributed by atoms with Gasteiger partial charge in [-0.2, -0.15) is 0 Å². The van der Waals surface area contributed by atoms with Crippen molar-refractivity contribution in [3.05, 3.63) is 0 Å². The Morgan fingerprint density at radius 3 is 2.50 bits per heavy atom. The van der Waals surface area contributed by atoms with Crippen molar-refractivity contribution in [1.29, 1.82) is 0 Å². The topological polar surface area (TPSA) is 61.6 Å². The van der Waals surface area contributed by atoms with Crippen LogP contribution in [-0.4, -0.2) is 61.6 Å². The van der Waals surface area contributed by atoms with E-state index in [2.05, 4.69) is 10.2 Å². The number of carbonyl (C=O) groups excluding carboxylic acids is 1. The Labute approximate surface area is 98.0 Å². The predicted octanol–water partition coefficient (Wildman–Crippen LogP) is 0.0724. The number of nitrogens with two attached hydrogens (primary N) is 1. The molecule has 1 heterocycles. The zero-order chi connectivity index (χ0) is 11.8. The van der Waals surface area contributed by atoms with Crippen LogP contribution >= 0.6 is 0 Å². The van der Waals surface area contributed by atoms with E-state index in [1.165, 1.54) is 0 Å². The normalized spacial score (nSPS) is 17.5. The lowest BCUT2D eigenvalue weighted by molar-refractivity contribution is 0.138. The zero-order valence-corrected chi connectivity index (χ0v) is 10.2. The Morgan fingerprint density at radius 1 is 1.25 bits per heavy atom. The van der Waals surface area contributed by atoms with Gasteiger partial charge in [-0.1, -0.05) is 0 Å². The number of hydrogen-bond donors (Lipinski definition) is 2. The van der Waals surface area contributed by atoms with Crippen LogP contribution in [0.1, 0.15) is 19.8 Å². The molecule has 0 saturated carbocycles. The SMILES string of the molecule is CCNC(=O)N1CCN(CCCCN)CC1. The minimum atomic E-state index is 0.0732. The lowest BCUT2D eigenvalue weighted by atomic mass is 10.2. The van der Waals surface area contributed by atoms with Gasteiger partial charge in [0, 0.05) is 32.7 Å². The molecule has 1 fully saturated rings. The molecule has 1 saturated heterocycles. The molecule has 94 valence electrons. The van der Waals surface area contributed by atoms with Crippen molar-refractivity contribution in [3.63, 3.8) is 0 Å². The van der Waals surface area contributed by atoms with Crippen molar-refractivity contribution < 1.29 is 4.79 Å². The summed E-state index contributed by atoms with van der Waals surface area (Å²) in [7, 11) is 0. The summed E-state index contributed by atoms with van der Waals surface area (Å²) in [6.45, 7) is 8.20. The first-order chi connectivity index (χ1) is 7.77. The van der Waals surface area contributed by atoms with Crippen LogP contribution in [0.5, 0.6) is 0 Å². The molecule has 2 amide bonds. The van der Waals surface area contributed by atoms with Crippen molar-refractivity contribution >= 4 is 6.03 Å². The van der Waals surface area contributed by atoms with Gasteiger partial charge in [-0.3, -0.25) is 4.90 Å². The van der Waals surface area contributed by atoms with E-state index in [0.29, 0.717) is 6.54 Å². The molecule has 0 aromatic carbocycles. The molecule has 5 heteroatoms. The van der Waals surface area contributed by atoms with Crippen LogP contribution in [-0.2, 0) is 0 Å². The van der Waals surface area contributed by atoms with Crippen LogP contribution in [0.15, 0.2) is 0 Å². The summed E-state index contributed by atoms with van der Waals surface area (Å²) >= 11 is 0. The Kier molecular flexibility index (Phi) is 6.18. The molecule has 0 aromatic rings. The van der Waals surface area contributed by atoms with E-state index < -0.39 is 0 Å². The molecule has 1 aliphatic heterocycles. The minimum Gasteiger partial charge on any atom is -0.338 e. The van der Waals surface area contributed by atoms with Gasteiger partial charge in [0.05, 0.1) is 0 Å². The largest absolute Gasteiger partial charge is 0.338 e. The van der Waals surface area contributed by atoms with E-state index in [1.54, 1.807) is 0 Å². The van der Waals surface area contributed by atoms with Gasteiger partial charge in [0.25, 0.3) is 0 Å². The van der Waals surface area contributed by atoms with Gasteiger partial charge in [0.15, 0.2) is 0 Å². The molecular formula is C11H24N4O. The van der Waals surface area contributed by atoms with Gasteiger partial charge in [-0.15, -0.1) is 0 Å². The fourth-order valence-electron chi connectivity index (χ4n) is 1.92. The van der Waals surface area contributed by atoms with E-state index in [4.69, 9.17) is 5.73 Å². The Hall–Kier alpha value is -0.810. The number of amides is 2. The first kappa shape index (κ1) is 13.3. The quantitative estimate of drug-likeness (QED) is 0.655. The van der Waals surface area contributed by atoms with Crippen LogP contribution < -0.4 is 11.1 Å². The summed E-state index contributed by atoms with van der Waals surface area (Å²) < 4.78 is 0. The van der Waals surface area contributed by atoms with Gasteiger partial charge in [-0.25, -0.2) is 4.79 Å². The zero-order valence-electron chi connectivity index (χ0n) is 10.2. The van der Waals surface area contributed by atoms with Crippen molar-refractivity contribution in [3.8, 4) is 0 Å². The first-order valence-corrected chi connectivity index (χ1v) is 6.23. The Morgan fingerprint density at radius 2 is 1.94 bits per heavy atom. The highest BCUT2D eigenvalue weighted by Gasteiger charge is 2.19. The molecule has 0 spiro atoms. The summed E-state index contributed by atoms with van der Waals surface area (Å²) in [6.07, 6.45) is 2.26. The highest BCUT2D eigenvalue weighted by molar-refractivity contribution is 5.74. The summed E-state index contributed by atoms with van der Waals surface area (Å²) in [4.78, 5) is 15.8. The number of piperazine rings is 1. The molecule has 16 heavy (non-hydrogen) atoms. The second-order valence-corrected chi connectivity index (χ2v) is 4.16. The second-order valence-electron chi connectivity index (χ2n) is 4.16. The van der Waals surface area contributed by atoms with Gasteiger partial charge in [0.1, 0.15) is 0 Å². The van der Waals surface area contributed by atoms with Crippen LogP contribution in [0.25, 0.3) is 0 Å². The van der Waals surface area contributed by atoms with Crippen LogP contribution in [0.2, 0.25) is 0 Å². The fourth-order valence-corrected chi connectivity index (χ4v) is 1.92. The molecule has 0 bridgehead atoms. The summed E-state index contributed by atoms with van der Waals surface area (Å²) in [5, 5.41) is 2.83. The van der Waals surface area contributed by atoms with Crippen LogP contribution in [0, 0.1) is 0 Å². The maximum Gasteiger partial charge on any atom is 0.317 e. The van der Waals surface area contributed by atoms with Gasteiger partial charge in [0.2, 0.25) is 0 Å². The molecule has 0 atom stereocenters. The summed E-state index contributed by atoms with van der Waals surface area (Å²) in [5.74, 6) is 0. The maximum atomic E-state index is 11.5. The number of nitrogens with zero attached hydrogens (tertiary/aromatic N) is 2. The predicted molar refractivity (Wildman–Crippen MR) is 65.4 cm³/mol. The van der Waals surface area contributed by atoms with E-state index >= 15 is 0 Å². The Bertz CT molecular complexity index is 202. The van der Waals surface area contributed by atoms with E-state index in [9.17, 15) is 4.79 Å². The van der Waals surface area contributed by atoms with Gasteiger partial charge in [-0.05, 0) is 32.9 Å². The highest BCUT2D eigenvalue weighted by Crippen LogP contribution is 2.03. The van der Waals surface area contributed by atoms with Gasteiger partial charge < -0.3 is 16.0 Å². The van der Waals surface area contributed by atoms with Crippen molar-refractivity contribution in [2.24, 2.45) is 5.73 Å². The number of urea groups is 1. The van der Waals surface area contributed by atoms with Crippen molar-refractivity contribution in [1.82, 2.24) is 15.1 Å². The third kappa shape index (κ3) is 4.37. The van der Waals surface area contributed by atoms with Gasteiger partial charge >= 0.3 is 6.03 Å². The number of nitrogens with one attached hydrogen (secondary N) is 1. The molecule has 0 aromatic heterocycles. The molecule has 1 aliphatic rings. The smallest absolute Gasteiger partial charge is 0.317 e. The first-order valence-electron chi connectivity index (χ1n) is 6.23. The van der Waals surface area contributed by atoms with Crippen LogP contribution in [0.3, 0.4) is 0 Å². The van der Waals surface area contributed by atoms with Crippen LogP contribution in [0.4, 0.5) is 4.79 Å². The molecule has 1 rings (SSSR count). The Balaban J connectivity index is 2.15. The van der Waals surface area contributed by atoms with E-state index in [1.807, 2.05) is 11.8 Å². The molecule has 0 aliphatic carbocycles. The van der Waals surface area contributed by atoms with E-state index in [0.717, 1.165) is 52.1 Å². The number of carbonyl (C=O) groups is 1. The molecule has 5 nitrogen and oxygen atoms in total. The average molecular weight is 228 g/mol. The minimum absolute atomic E-state index is 0.0732. The molecule has 3 N–H and O–H groups in total. The molecule has 0 unspecified atom stereocenters. The summed E-state index contributed by atoms with van der Waals surface area (Å²) in [5.41, 5.74) is 5.46. The molecule has 0 radical (unpaired) electrons. The second kappa shape index (κ2) is 7.46. The third-order valence-corrected chi connectivity index (χ3v) is 2.92. The fraction of sp³-hybridized carbons (Fsp3) is 0.909. The lowest BCUT2D eigenvalue weighted by Gasteiger charge is -2.34. The molecular weight excluding hydrogens is 204 g/mol. The van der Waals surface area contributed by atoms with Crippen molar-refractivity contribution in [2.45, 2.75) is 19.8 Å². The number of rotatable bonds is 5. The van der Waals surface area contributed by atoms with Crippen molar-refractivity contribution in [2.75, 3.05) is 45.8 Å². The standard InChI is InChI=1S/C11H24N4O/c1-2-13-11(16)15-9-7-14(8-10-15)6-4-3-5-12/h2-10,12H2,1H3,(H,13,16). The third-order valence-electron chi connectivity index (χ3n) is 2.92.